The minimum atomic E-state index is 0.705. The maximum atomic E-state index is 3.49. The predicted molar refractivity (Wildman–Crippen MR) is 134 cm³/mol. The van der Waals surface area contributed by atoms with Gasteiger partial charge in [0.2, 0.25) is 0 Å². The van der Waals surface area contributed by atoms with E-state index in [1.807, 2.05) is 27.7 Å². The van der Waals surface area contributed by atoms with Crippen LogP contribution in [0, 0.1) is 5.92 Å². The van der Waals surface area contributed by atoms with Gasteiger partial charge in [-0.1, -0.05) is 65.7 Å². The average molecular weight is 401 g/mol. The minimum Gasteiger partial charge on any atom is -0.348 e. The molecule has 1 saturated heterocycles. The summed E-state index contributed by atoms with van der Waals surface area (Å²) in [5.74, 6) is 0.705. The van der Waals surface area contributed by atoms with E-state index in [0.717, 1.165) is 25.9 Å². The number of benzene rings is 1. The molecule has 1 aromatic carbocycles. The smallest absolute Gasteiger partial charge is 0.0405 e. The molecule has 2 rings (SSSR count). The molecule has 1 aliphatic rings. The van der Waals surface area contributed by atoms with Crippen molar-refractivity contribution in [1.82, 2.24) is 5.32 Å². The summed E-state index contributed by atoms with van der Waals surface area (Å²) >= 11 is 0. The summed E-state index contributed by atoms with van der Waals surface area (Å²) < 4.78 is 0. The molecule has 0 amide bonds. The maximum absolute atomic E-state index is 3.49. The van der Waals surface area contributed by atoms with Crippen LogP contribution in [-0.4, -0.2) is 20.1 Å². The highest BCUT2D eigenvalue weighted by Crippen LogP contribution is 2.29. The van der Waals surface area contributed by atoms with Gasteiger partial charge in [-0.2, -0.15) is 0 Å². The summed E-state index contributed by atoms with van der Waals surface area (Å²) in [6, 6.07) is 9.04. The second-order valence-corrected chi connectivity index (χ2v) is 7.37. The first-order valence-electron chi connectivity index (χ1n) is 12.0. The number of nitrogens with zero attached hydrogens (tertiary/aromatic N) is 1. The van der Waals surface area contributed by atoms with Gasteiger partial charge < -0.3 is 10.2 Å². The molecule has 1 heterocycles. The van der Waals surface area contributed by atoms with Gasteiger partial charge >= 0.3 is 0 Å². The first kappa shape index (κ1) is 27.5. The molecule has 0 bridgehead atoms. The Morgan fingerprint density at radius 3 is 2.03 bits per heavy atom. The first-order valence-corrected chi connectivity index (χ1v) is 12.0. The van der Waals surface area contributed by atoms with E-state index < -0.39 is 0 Å². The lowest BCUT2D eigenvalue weighted by molar-refractivity contribution is 0.422. The highest BCUT2D eigenvalue weighted by Gasteiger charge is 2.18. The van der Waals surface area contributed by atoms with Crippen molar-refractivity contribution < 1.29 is 0 Å². The molecular formula is C27H48N2. The summed E-state index contributed by atoms with van der Waals surface area (Å²) in [6.45, 7) is 19.3. The summed E-state index contributed by atoms with van der Waals surface area (Å²) in [4.78, 5) is 2.32. The van der Waals surface area contributed by atoms with Crippen LogP contribution in [0.4, 0.5) is 5.69 Å². The van der Waals surface area contributed by atoms with Gasteiger partial charge in [-0.05, 0) is 87.9 Å². The van der Waals surface area contributed by atoms with Crippen molar-refractivity contribution in [2.75, 3.05) is 25.0 Å². The van der Waals surface area contributed by atoms with Crippen molar-refractivity contribution in [2.45, 2.75) is 87.5 Å². The van der Waals surface area contributed by atoms with Gasteiger partial charge in [0.1, 0.15) is 0 Å². The lowest BCUT2D eigenvalue weighted by Gasteiger charge is -2.27. The van der Waals surface area contributed by atoms with E-state index in [1.165, 1.54) is 41.8 Å². The Hall–Kier alpha value is -1.54. The number of allylic oxidation sites excluding steroid dienone is 4. The van der Waals surface area contributed by atoms with Gasteiger partial charge in [0.25, 0.3) is 0 Å². The second-order valence-electron chi connectivity index (χ2n) is 7.37. The molecule has 0 aliphatic carbocycles. The molecule has 29 heavy (non-hydrogen) atoms. The molecule has 166 valence electrons. The monoisotopic (exact) mass is 400 g/mol. The van der Waals surface area contributed by atoms with Crippen molar-refractivity contribution in [3.05, 3.63) is 52.7 Å². The van der Waals surface area contributed by atoms with Gasteiger partial charge in [0.15, 0.2) is 0 Å². The highest BCUT2D eigenvalue weighted by molar-refractivity contribution is 5.53. The van der Waals surface area contributed by atoms with Crippen molar-refractivity contribution >= 4 is 5.69 Å². The van der Waals surface area contributed by atoms with Gasteiger partial charge in [-0.25, -0.2) is 0 Å². The third-order valence-electron chi connectivity index (χ3n) is 5.56. The third kappa shape index (κ3) is 9.21. The van der Waals surface area contributed by atoms with E-state index >= 15 is 0 Å². The van der Waals surface area contributed by atoms with E-state index in [-0.39, 0.29) is 0 Å². The Morgan fingerprint density at radius 1 is 1.00 bits per heavy atom. The average Bonchev–Trinajstić information content (AvgIpc) is 2.80. The lowest BCUT2D eigenvalue weighted by Crippen LogP contribution is -2.29. The SMILES string of the molecule is CC.CC.CCCc1ccc(N(C)/C(C)=C\C(=C(/C)CC)C2CCNCC2)cc1. The van der Waals surface area contributed by atoms with E-state index in [4.69, 9.17) is 0 Å². The number of rotatable bonds is 7. The normalized spacial score (nSPS) is 15.4. The van der Waals surface area contributed by atoms with Crippen LogP contribution < -0.4 is 10.2 Å². The zero-order chi connectivity index (χ0) is 22.2. The van der Waals surface area contributed by atoms with E-state index in [0.29, 0.717) is 5.92 Å². The number of piperidine rings is 1. The fourth-order valence-corrected chi connectivity index (χ4v) is 3.63. The summed E-state index contributed by atoms with van der Waals surface area (Å²) in [5, 5.41) is 3.49. The minimum absolute atomic E-state index is 0.705. The molecule has 1 aliphatic heterocycles. The molecule has 0 saturated carbocycles. The van der Waals surface area contributed by atoms with Gasteiger partial charge in [0, 0.05) is 18.4 Å². The highest BCUT2D eigenvalue weighted by atomic mass is 15.1. The van der Waals surface area contributed by atoms with Crippen molar-refractivity contribution in [3.63, 3.8) is 0 Å². The molecule has 1 fully saturated rings. The van der Waals surface area contributed by atoms with Crippen LogP contribution in [0.15, 0.2) is 47.2 Å². The predicted octanol–water partition coefficient (Wildman–Crippen LogP) is 7.76. The molecule has 0 atom stereocenters. The molecule has 1 aromatic rings. The number of aryl methyl sites for hydroxylation is 1. The molecule has 0 radical (unpaired) electrons. The standard InChI is InChI=1S/C23H36N2.2C2H6/c1-6-8-20-9-11-22(12-10-20)25(5)19(4)17-23(18(3)7-2)21-13-15-24-16-14-21;2*1-2/h9-12,17,21,24H,6-8,13-16H2,1-5H3;2*1-2H3/b19-17-,23-18-;;. The Bertz CT molecular complexity index is 589. The Kier molecular flexibility index (Phi) is 15.4. The molecule has 0 aromatic heterocycles. The van der Waals surface area contributed by atoms with Crippen LogP contribution in [0.5, 0.6) is 0 Å². The summed E-state index contributed by atoms with van der Waals surface area (Å²) in [6.07, 6.45) is 8.46. The molecular weight excluding hydrogens is 352 g/mol. The summed E-state index contributed by atoms with van der Waals surface area (Å²) in [7, 11) is 2.18. The Balaban J connectivity index is 0.00000184. The first-order chi connectivity index (χ1) is 14.1. The van der Waals surface area contributed by atoms with Crippen LogP contribution >= 0.6 is 0 Å². The van der Waals surface area contributed by atoms with Gasteiger partial charge in [-0.15, -0.1) is 0 Å². The zero-order valence-electron chi connectivity index (χ0n) is 20.9. The third-order valence-corrected chi connectivity index (χ3v) is 5.56. The Morgan fingerprint density at radius 2 is 1.55 bits per heavy atom. The van der Waals surface area contributed by atoms with Crippen LogP contribution in [0.25, 0.3) is 0 Å². The van der Waals surface area contributed by atoms with Crippen molar-refractivity contribution in [3.8, 4) is 0 Å². The van der Waals surface area contributed by atoms with Crippen LogP contribution in [0.3, 0.4) is 0 Å². The molecule has 0 unspecified atom stereocenters. The van der Waals surface area contributed by atoms with E-state index in [2.05, 4.69) is 75.3 Å². The second kappa shape index (κ2) is 16.3. The zero-order valence-corrected chi connectivity index (χ0v) is 20.9. The molecule has 2 heteroatoms. The van der Waals surface area contributed by atoms with E-state index in [1.54, 1.807) is 5.57 Å². The maximum Gasteiger partial charge on any atom is 0.0405 e. The number of anilines is 1. The van der Waals surface area contributed by atoms with Gasteiger partial charge in [0.05, 0.1) is 0 Å². The quantitative estimate of drug-likeness (QED) is 0.470. The van der Waals surface area contributed by atoms with Crippen LogP contribution in [0.2, 0.25) is 0 Å². The number of hydrogen-bond acceptors (Lipinski definition) is 2. The fraction of sp³-hybridized carbons (Fsp3) is 0.630. The Labute approximate surface area is 182 Å². The van der Waals surface area contributed by atoms with Crippen LogP contribution in [-0.2, 0) is 6.42 Å². The van der Waals surface area contributed by atoms with Gasteiger partial charge in [-0.3, -0.25) is 0 Å². The molecule has 0 spiro atoms. The fourth-order valence-electron chi connectivity index (χ4n) is 3.63. The molecule has 1 N–H and O–H groups in total. The van der Waals surface area contributed by atoms with Crippen molar-refractivity contribution in [2.24, 2.45) is 5.92 Å². The lowest BCUT2D eigenvalue weighted by atomic mass is 9.86. The summed E-state index contributed by atoms with van der Waals surface area (Å²) in [5.41, 5.74) is 7.13. The largest absolute Gasteiger partial charge is 0.348 e. The van der Waals surface area contributed by atoms with E-state index in [9.17, 15) is 0 Å². The van der Waals surface area contributed by atoms with Crippen molar-refractivity contribution in [1.29, 1.82) is 0 Å². The van der Waals surface area contributed by atoms with Crippen LogP contribution in [0.1, 0.15) is 86.6 Å². The molecule has 2 nitrogen and oxygen atoms in total. The topological polar surface area (TPSA) is 15.3 Å². The number of hydrogen-bond donors (Lipinski definition) is 1. The number of nitrogens with one attached hydrogen (secondary N) is 1.